The van der Waals surface area contributed by atoms with E-state index in [0.29, 0.717) is 24.4 Å². The molecule has 0 spiro atoms. The lowest BCUT2D eigenvalue weighted by Gasteiger charge is -2.05. The molecule has 0 amide bonds. The first-order valence-electron chi connectivity index (χ1n) is 5.40. The summed E-state index contributed by atoms with van der Waals surface area (Å²) in [5.41, 5.74) is 5.30. The lowest BCUT2D eigenvalue weighted by Crippen LogP contribution is -2.16. The molecule has 0 aliphatic rings. The molecule has 0 atom stereocenters. The minimum atomic E-state index is -0.474. The number of halogens is 1. The molecular weight excluding hydrogens is 237 g/mol. The fourth-order valence-electron chi connectivity index (χ4n) is 1.64. The molecule has 2 rings (SSSR count). The van der Waals surface area contributed by atoms with Crippen molar-refractivity contribution >= 4 is 0 Å². The highest BCUT2D eigenvalue weighted by atomic mass is 19.1. The van der Waals surface area contributed by atoms with Gasteiger partial charge in [-0.3, -0.25) is 4.79 Å². The minimum absolute atomic E-state index is 0.0239. The average molecular weight is 249 g/mol. The molecular formula is C12H12FN3O2. The summed E-state index contributed by atoms with van der Waals surface area (Å²) < 4.78 is 12.8. The number of nitrogens with zero attached hydrogens (tertiary/aromatic N) is 1. The van der Waals surface area contributed by atoms with Gasteiger partial charge in [-0.25, -0.2) is 4.39 Å². The molecule has 0 unspecified atom stereocenters. The van der Waals surface area contributed by atoms with Crippen LogP contribution < -0.4 is 11.3 Å². The van der Waals surface area contributed by atoms with Crippen LogP contribution in [-0.2, 0) is 6.42 Å². The Kier molecular flexibility index (Phi) is 3.38. The minimum Gasteiger partial charge on any atom is -0.493 e. The quantitative estimate of drug-likeness (QED) is 0.749. The van der Waals surface area contributed by atoms with Gasteiger partial charge in [0.2, 0.25) is 5.88 Å². The second-order valence-electron chi connectivity index (χ2n) is 3.76. The van der Waals surface area contributed by atoms with Crippen LogP contribution in [0.5, 0.6) is 5.88 Å². The van der Waals surface area contributed by atoms with Crippen molar-refractivity contribution in [3.8, 4) is 17.0 Å². The lowest BCUT2D eigenvalue weighted by molar-refractivity contribution is 0.450. The van der Waals surface area contributed by atoms with E-state index in [0.717, 1.165) is 0 Å². The maximum atomic E-state index is 12.8. The lowest BCUT2D eigenvalue weighted by atomic mass is 10.1. The number of aromatic amines is 1. The second kappa shape index (κ2) is 4.97. The van der Waals surface area contributed by atoms with Crippen molar-refractivity contribution < 1.29 is 9.50 Å². The summed E-state index contributed by atoms with van der Waals surface area (Å²) in [5.74, 6) is -0.470. The third kappa shape index (κ3) is 2.38. The largest absolute Gasteiger partial charge is 0.493 e. The van der Waals surface area contributed by atoms with Crippen LogP contribution in [0.25, 0.3) is 11.1 Å². The molecule has 0 aliphatic carbocycles. The monoisotopic (exact) mass is 249 g/mol. The van der Waals surface area contributed by atoms with Gasteiger partial charge in [0.25, 0.3) is 5.56 Å². The zero-order valence-electron chi connectivity index (χ0n) is 9.48. The molecule has 0 saturated carbocycles. The van der Waals surface area contributed by atoms with Crippen molar-refractivity contribution in [2.75, 3.05) is 6.54 Å². The van der Waals surface area contributed by atoms with Crippen molar-refractivity contribution in [3.05, 3.63) is 46.3 Å². The van der Waals surface area contributed by atoms with Crippen LogP contribution in [0.1, 0.15) is 5.82 Å². The smallest absolute Gasteiger partial charge is 0.262 e. The van der Waals surface area contributed by atoms with Crippen molar-refractivity contribution in [1.29, 1.82) is 0 Å². The summed E-state index contributed by atoms with van der Waals surface area (Å²) in [5, 5.41) is 9.76. The molecule has 4 N–H and O–H groups in total. The molecule has 0 bridgehead atoms. The predicted molar refractivity (Wildman–Crippen MR) is 64.7 cm³/mol. The van der Waals surface area contributed by atoms with Crippen molar-refractivity contribution in [2.45, 2.75) is 6.42 Å². The van der Waals surface area contributed by atoms with E-state index >= 15 is 0 Å². The molecule has 0 radical (unpaired) electrons. The van der Waals surface area contributed by atoms with Crippen LogP contribution in [-0.4, -0.2) is 21.6 Å². The van der Waals surface area contributed by atoms with E-state index in [2.05, 4.69) is 9.97 Å². The molecule has 1 heterocycles. The molecule has 18 heavy (non-hydrogen) atoms. The second-order valence-corrected chi connectivity index (χ2v) is 3.76. The Labute approximate surface area is 102 Å². The number of nitrogens with one attached hydrogen (secondary N) is 1. The highest BCUT2D eigenvalue weighted by Gasteiger charge is 2.12. The molecule has 0 saturated heterocycles. The van der Waals surface area contributed by atoms with E-state index in [1.54, 1.807) is 0 Å². The van der Waals surface area contributed by atoms with E-state index < -0.39 is 11.4 Å². The summed E-state index contributed by atoms with van der Waals surface area (Å²) in [6.07, 6.45) is 0.368. The average Bonchev–Trinajstić information content (AvgIpc) is 2.31. The van der Waals surface area contributed by atoms with Gasteiger partial charge in [-0.05, 0) is 24.2 Å². The SMILES string of the molecule is NCCc1nc(O)c(-c2ccc(F)cc2)c(=O)[nH]1. The first-order valence-corrected chi connectivity index (χ1v) is 5.40. The van der Waals surface area contributed by atoms with Gasteiger partial charge < -0.3 is 15.8 Å². The topological polar surface area (TPSA) is 92.0 Å². The zero-order valence-corrected chi connectivity index (χ0v) is 9.48. The molecule has 1 aromatic heterocycles. The van der Waals surface area contributed by atoms with Gasteiger partial charge in [0, 0.05) is 6.42 Å². The van der Waals surface area contributed by atoms with Gasteiger partial charge in [-0.1, -0.05) is 12.1 Å². The number of rotatable bonds is 3. The summed E-state index contributed by atoms with van der Waals surface area (Å²) in [4.78, 5) is 18.2. The van der Waals surface area contributed by atoms with Crippen LogP contribution in [0, 0.1) is 5.82 Å². The van der Waals surface area contributed by atoms with Crippen LogP contribution in [0.2, 0.25) is 0 Å². The third-order valence-electron chi connectivity index (χ3n) is 2.46. The van der Waals surface area contributed by atoms with E-state index in [4.69, 9.17) is 5.73 Å². The van der Waals surface area contributed by atoms with E-state index in [1.807, 2.05) is 0 Å². The van der Waals surface area contributed by atoms with Gasteiger partial charge in [-0.15, -0.1) is 0 Å². The third-order valence-corrected chi connectivity index (χ3v) is 2.46. The number of H-pyrrole nitrogens is 1. The number of nitrogens with two attached hydrogens (primary N) is 1. The van der Waals surface area contributed by atoms with Crippen molar-refractivity contribution in [2.24, 2.45) is 5.73 Å². The number of hydrogen-bond donors (Lipinski definition) is 3. The maximum absolute atomic E-state index is 12.8. The van der Waals surface area contributed by atoms with Gasteiger partial charge >= 0.3 is 0 Å². The first-order chi connectivity index (χ1) is 8.61. The summed E-state index contributed by atoms with van der Waals surface area (Å²) in [7, 11) is 0. The number of benzene rings is 1. The number of aromatic hydroxyl groups is 1. The molecule has 0 fully saturated rings. The predicted octanol–water partition coefficient (Wildman–Crippen LogP) is 0.783. The normalized spacial score (nSPS) is 10.6. The highest BCUT2D eigenvalue weighted by Crippen LogP contribution is 2.23. The summed E-state index contributed by atoms with van der Waals surface area (Å²) in [6, 6.07) is 5.23. The Bertz CT molecular complexity index is 608. The van der Waals surface area contributed by atoms with Crippen molar-refractivity contribution in [3.63, 3.8) is 0 Å². The zero-order chi connectivity index (χ0) is 13.1. The fraction of sp³-hybridized carbons (Fsp3) is 0.167. The number of hydrogen-bond acceptors (Lipinski definition) is 4. The molecule has 94 valence electrons. The van der Waals surface area contributed by atoms with E-state index in [1.165, 1.54) is 24.3 Å². The Morgan fingerprint density at radius 1 is 1.33 bits per heavy atom. The Hall–Kier alpha value is -2.21. The summed E-state index contributed by atoms with van der Waals surface area (Å²) >= 11 is 0. The van der Waals surface area contributed by atoms with Crippen LogP contribution in [0.3, 0.4) is 0 Å². The van der Waals surface area contributed by atoms with E-state index in [9.17, 15) is 14.3 Å². The Morgan fingerprint density at radius 3 is 2.56 bits per heavy atom. The number of aromatic nitrogens is 2. The maximum Gasteiger partial charge on any atom is 0.262 e. The van der Waals surface area contributed by atoms with Crippen LogP contribution in [0.4, 0.5) is 4.39 Å². The highest BCUT2D eigenvalue weighted by molar-refractivity contribution is 5.66. The molecule has 6 heteroatoms. The molecule has 5 nitrogen and oxygen atoms in total. The van der Waals surface area contributed by atoms with Gasteiger partial charge in [0.05, 0.1) is 0 Å². The van der Waals surface area contributed by atoms with Crippen LogP contribution in [0.15, 0.2) is 29.1 Å². The Morgan fingerprint density at radius 2 is 2.00 bits per heavy atom. The van der Waals surface area contributed by atoms with Crippen LogP contribution >= 0.6 is 0 Å². The molecule has 2 aromatic rings. The van der Waals surface area contributed by atoms with Crippen molar-refractivity contribution in [1.82, 2.24) is 9.97 Å². The van der Waals surface area contributed by atoms with Gasteiger partial charge in [-0.2, -0.15) is 4.98 Å². The first kappa shape index (κ1) is 12.3. The van der Waals surface area contributed by atoms with E-state index in [-0.39, 0.29) is 11.4 Å². The van der Waals surface area contributed by atoms with Gasteiger partial charge in [0.1, 0.15) is 17.2 Å². The molecule has 0 aliphatic heterocycles. The van der Waals surface area contributed by atoms with Gasteiger partial charge in [0.15, 0.2) is 0 Å². The Balaban J connectivity index is 2.52. The summed E-state index contributed by atoms with van der Waals surface area (Å²) in [6.45, 7) is 0.318. The standard InChI is InChI=1S/C12H12FN3O2/c13-8-3-1-7(2-4-8)10-11(17)15-9(5-6-14)16-12(10)18/h1-4H,5-6,14H2,(H2,15,16,17,18). The fourth-order valence-corrected chi connectivity index (χ4v) is 1.64. The molecule has 1 aromatic carbocycles.